The van der Waals surface area contributed by atoms with E-state index in [4.69, 9.17) is 32.5 Å². The van der Waals surface area contributed by atoms with Gasteiger partial charge in [0.25, 0.3) is 5.91 Å². The predicted molar refractivity (Wildman–Crippen MR) is 101 cm³/mol. The van der Waals surface area contributed by atoms with Gasteiger partial charge >= 0.3 is 0 Å². The predicted octanol–water partition coefficient (Wildman–Crippen LogP) is 4.90. The van der Waals surface area contributed by atoms with Crippen molar-refractivity contribution in [2.45, 2.75) is 6.92 Å². The van der Waals surface area contributed by atoms with Gasteiger partial charge in [-0.25, -0.2) is 4.39 Å². The molecule has 1 heterocycles. The molecule has 0 radical (unpaired) electrons. The molecule has 1 aromatic heterocycles. The van der Waals surface area contributed by atoms with Gasteiger partial charge in [0.2, 0.25) is 0 Å². The fraction of sp³-hybridized carbons (Fsp3) is 0.158. The molecule has 0 aliphatic heterocycles. The summed E-state index contributed by atoms with van der Waals surface area (Å²) < 4.78 is 24.8. The second kappa shape index (κ2) is 8.41. The molecule has 0 spiro atoms. The molecular weight excluding hydrogens is 394 g/mol. The zero-order valence-electron chi connectivity index (χ0n) is 14.3. The van der Waals surface area contributed by atoms with Crippen LogP contribution in [0, 0.1) is 12.7 Å². The molecule has 0 aliphatic rings. The first kappa shape index (κ1) is 19.2. The normalized spacial score (nSPS) is 10.7. The van der Waals surface area contributed by atoms with Gasteiger partial charge in [0, 0.05) is 5.02 Å². The number of hydrogen-bond donors (Lipinski definition) is 1. The number of carbonyl (C=O) groups excluding carboxylic acids is 1. The van der Waals surface area contributed by atoms with Crippen LogP contribution in [0.2, 0.25) is 10.0 Å². The van der Waals surface area contributed by atoms with E-state index in [-0.39, 0.29) is 40.8 Å². The van der Waals surface area contributed by atoms with E-state index >= 15 is 0 Å². The Morgan fingerprint density at radius 3 is 2.67 bits per heavy atom. The molecule has 27 heavy (non-hydrogen) atoms. The number of rotatable bonds is 6. The number of amides is 1. The van der Waals surface area contributed by atoms with Crippen LogP contribution in [-0.2, 0) is 0 Å². The molecule has 3 aromatic rings. The lowest BCUT2D eigenvalue weighted by Crippen LogP contribution is -2.28. The number of nitrogens with zero attached hydrogens (tertiary/aromatic N) is 1. The molecule has 8 heteroatoms. The van der Waals surface area contributed by atoms with Crippen LogP contribution in [-0.4, -0.2) is 24.2 Å². The largest absolute Gasteiger partial charge is 0.492 e. The summed E-state index contributed by atoms with van der Waals surface area (Å²) in [5.41, 5.74) is 0.221. The van der Waals surface area contributed by atoms with Crippen molar-refractivity contribution in [1.82, 2.24) is 10.5 Å². The summed E-state index contributed by atoms with van der Waals surface area (Å²) in [4.78, 5) is 12.5. The van der Waals surface area contributed by atoms with Crippen LogP contribution in [0.25, 0.3) is 11.3 Å². The van der Waals surface area contributed by atoms with Gasteiger partial charge < -0.3 is 14.6 Å². The first-order valence-corrected chi connectivity index (χ1v) is 8.80. The Morgan fingerprint density at radius 1 is 1.22 bits per heavy atom. The molecular formula is C19H15Cl2FN2O3. The summed E-state index contributed by atoms with van der Waals surface area (Å²) in [5.74, 6) is -0.146. The van der Waals surface area contributed by atoms with E-state index in [9.17, 15) is 9.18 Å². The summed E-state index contributed by atoms with van der Waals surface area (Å²) in [6.07, 6.45) is 0. The SMILES string of the molecule is Cc1onc(-c2c(F)cccc2Cl)c1C(=O)NCCOc1ccc(Cl)cc1. The Kier molecular flexibility index (Phi) is 5.98. The van der Waals surface area contributed by atoms with Crippen LogP contribution in [0.15, 0.2) is 47.0 Å². The summed E-state index contributed by atoms with van der Waals surface area (Å²) in [6, 6.07) is 11.1. The molecule has 1 N–H and O–H groups in total. The molecule has 0 saturated carbocycles. The van der Waals surface area contributed by atoms with Gasteiger partial charge in [-0.2, -0.15) is 0 Å². The molecule has 2 aromatic carbocycles. The third kappa shape index (κ3) is 4.40. The molecule has 0 aliphatic carbocycles. The second-order valence-electron chi connectivity index (χ2n) is 5.62. The van der Waals surface area contributed by atoms with Crippen molar-refractivity contribution >= 4 is 29.1 Å². The van der Waals surface area contributed by atoms with Crippen molar-refractivity contribution in [1.29, 1.82) is 0 Å². The number of benzene rings is 2. The van der Waals surface area contributed by atoms with E-state index in [1.165, 1.54) is 18.2 Å². The average Bonchev–Trinajstić information content (AvgIpc) is 3.01. The van der Waals surface area contributed by atoms with Crippen LogP contribution in [0.4, 0.5) is 4.39 Å². The maximum Gasteiger partial charge on any atom is 0.257 e. The topological polar surface area (TPSA) is 64.4 Å². The highest BCUT2D eigenvalue weighted by molar-refractivity contribution is 6.33. The van der Waals surface area contributed by atoms with Crippen molar-refractivity contribution in [2.24, 2.45) is 0 Å². The third-order valence-corrected chi connectivity index (χ3v) is 4.33. The first-order chi connectivity index (χ1) is 13.0. The fourth-order valence-corrected chi connectivity index (χ4v) is 2.87. The lowest BCUT2D eigenvalue weighted by molar-refractivity contribution is 0.0946. The molecule has 3 rings (SSSR count). The molecule has 0 atom stereocenters. The number of ether oxygens (including phenoxy) is 1. The molecule has 1 amide bonds. The molecule has 0 saturated heterocycles. The van der Waals surface area contributed by atoms with Crippen molar-refractivity contribution in [3.63, 3.8) is 0 Å². The summed E-state index contributed by atoms with van der Waals surface area (Å²) in [5, 5.41) is 7.26. The maximum absolute atomic E-state index is 14.2. The molecule has 140 valence electrons. The first-order valence-electron chi connectivity index (χ1n) is 8.04. The second-order valence-corrected chi connectivity index (χ2v) is 6.46. The molecule has 0 unspecified atom stereocenters. The van der Waals surface area contributed by atoms with Crippen LogP contribution >= 0.6 is 23.2 Å². The van der Waals surface area contributed by atoms with E-state index in [1.807, 2.05) is 0 Å². The van der Waals surface area contributed by atoms with Gasteiger partial charge in [0.05, 0.1) is 17.1 Å². The zero-order valence-corrected chi connectivity index (χ0v) is 15.8. The quantitative estimate of drug-likeness (QED) is 0.588. The number of aryl methyl sites for hydroxylation is 1. The van der Waals surface area contributed by atoms with Gasteiger partial charge in [0.1, 0.15) is 35.2 Å². The van der Waals surface area contributed by atoms with Gasteiger partial charge in [0.15, 0.2) is 0 Å². The monoisotopic (exact) mass is 408 g/mol. The minimum Gasteiger partial charge on any atom is -0.492 e. The van der Waals surface area contributed by atoms with Gasteiger partial charge in [-0.15, -0.1) is 0 Å². The van der Waals surface area contributed by atoms with Crippen LogP contribution in [0.5, 0.6) is 5.75 Å². The van der Waals surface area contributed by atoms with Gasteiger partial charge in [-0.3, -0.25) is 4.79 Å². The van der Waals surface area contributed by atoms with E-state index in [1.54, 1.807) is 31.2 Å². The number of aromatic nitrogens is 1. The Bertz CT molecular complexity index is 938. The highest BCUT2D eigenvalue weighted by atomic mass is 35.5. The zero-order chi connectivity index (χ0) is 19.4. The van der Waals surface area contributed by atoms with Crippen LogP contribution < -0.4 is 10.1 Å². The molecule has 0 bridgehead atoms. The standard InChI is InChI=1S/C19H15Cl2FN2O3/c1-11-16(18(24-27-11)17-14(21)3-2-4-15(17)22)19(25)23-9-10-26-13-7-5-12(20)6-8-13/h2-8H,9-10H2,1H3,(H,23,25). The fourth-order valence-electron chi connectivity index (χ4n) is 2.49. The van der Waals surface area contributed by atoms with E-state index in [0.717, 1.165) is 0 Å². The average molecular weight is 409 g/mol. The Hall–Kier alpha value is -2.57. The van der Waals surface area contributed by atoms with E-state index in [2.05, 4.69) is 10.5 Å². The van der Waals surface area contributed by atoms with E-state index in [0.29, 0.717) is 10.8 Å². The minimum atomic E-state index is -0.587. The van der Waals surface area contributed by atoms with Crippen molar-refractivity contribution in [3.05, 3.63) is 69.7 Å². The maximum atomic E-state index is 14.2. The highest BCUT2D eigenvalue weighted by Crippen LogP contribution is 2.33. The minimum absolute atomic E-state index is 0.0265. The van der Waals surface area contributed by atoms with Crippen LogP contribution in [0.3, 0.4) is 0 Å². The Balaban J connectivity index is 1.68. The smallest absolute Gasteiger partial charge is 0.257 e. The third-order valence-electron chi connectivity index (χ3n) is 3.76. The summed E-state index contributed by atoms with van der Waals surface area (Å²) >= 11 is 11.9. The number of halogens is 3. The number of carbonyl (C=O) groups is 1. The summed E-state index contributed by atoms with van der Waals surface area (Å²) in [6.45, 7) is 2.05. The highest BCUT2D eigenvalue weighted by Gasteiger charge is 2.25. The number of hydrogen-bond acceptors (Lipinski definition) is 4. The van der Waals surface area contributed by atoms with Gasteiger partial charge in [-0.05, 0) is 43.3 Å². The van der Waals surface area contributed by atoms with Crippen molar-refractivity contribution in [3.8, 4) is 17.0 Å². The Morgan fingerprint density at radius 2 is 1.96 bits per heavy atom. The Labute approximate surface area is 165 Å². The van der Waals surface area contributed by atoms with Crippen molar-refractivity contribution < 1.29 is 18.4 Å². The summed E-state index contributed by atoms with van der Waals surface area (Å²) in [7, 11) is 0. The number of nitrogens with one attached hydrogen (secondary N) is 1. The van der Waals surface area contributed by atoms with E-state index < -0.39 is 11.7 Å². The van der Waals surface area contributed by atoms with Crippen LogP contribution in [0.1, 0.15) is 16.1 Å². The lowest BCUT2D eigenvalue weighted by Gasteiger charge is -2.09. The molecule has 5 nitrogen and oxygen atoms in total. The molecule has 0 fully saturated rings. The van der Waals surface area contributed by atoms with Gasteiger partial charge in [-0.1, -0.05) is 34.4 Å². The lowest BCUT2D eigenvalue weighted by atomic mass is 10.0. The van der Waals surface area contributed by atoms with Crippen molar-refractivity contribution in [2.75, 3.05) is 13.2 Å².